The molecular formula is C21H32ClN3O2. The van der Waals surface area contributed by atoms with Gasteiger partial charge in [0.05, 0.1) is 11.5 Å². The van der Waals surface area contributed by atoms with Crippen molar-refractivity contribution in [1.29, 1.82) is 0 Å². The number of benzene rings is 1. The van der Waals surface area contributed by atoms with E-state index in [1.807, 2.05) is 25.1 Å². The lowest BCUT2D eigenvalue weighted by Crippen LogP contribution is -2.51. The van der Waals surface area contributed by atoms with Gasteiger partial charge in [-0.15, -0.1) is 12.4 Å². The van der Waals surface area contributed by atoms with Crippen molar-refractivity contribution in [2.45, 2.75) is 64.8 Å². The van der Waals surface area contributed by atoms with Gasteiger partial charge in [0.2, 0.25) is 11.8 Å². The zero-order chi connectivity index (χ0) is 18.6. The van der Waals surface area contributed by atoms with E-state index in [2.05, 4.69) is 22.9 Å². The van der Waals surface area contributed by atoms with Gasteiger partial charge in [0.15, 0.2) is 0 Å². The highest BCUT2D eigenvalue weighted by Gasteiger charge is 2.41. The Morgan fingerprint density at radius 2 is 1.85 bits per heavy atom. The van der Waals surface area contributed by atoms with Crippen LogP contribution in [0, 0.1) is 19.3 Å². The third kappa shape index (κ3) is 5.23. The van der Waals surface area contributed by atoms with E-state index in [0.29, 0.717) is 6.54 Å². The fraction of sp³-hybridized carbons (Fsp3) is 0.619. The maximum atomic E-state index is 13.0. The Labute approximate surface area is 168 Å². The van der Waals surface area contributed by atoms with E-state index in [-0.39, 0.29) is 30.3 Å². The fourth-order valence-corrected chi connectivity index (χ4v) is 4.07. The molecule has 1 heterocycles. The van der Waals surface area contributed by atoms with Gasteiger partial charge in [0, 0.05) is 12.2 Å². The van der Waals surface area contributed by atoms with Crippen molar-refractivity contribution in [3.63, 3.8) is 0 Å². The molecule has 1 atom stereocenters. The van der Waals surface area contributed by atoms with Gasteiger partial charge >= 0.3 is 0 Å². The molecule has 150 valence electrons. The molecule has 1 saturated heterocycles. The molecule has 3 N–H and O–H groups in total. The van der Waals surface area contributed by atoms with Crippen LogP contribution in [0.4, 0.5) is 5.69 Å². The molecule has 2 aliphatic rings. The zero-order valence-electron chi connectivity index (χ0n) is 16.4. The third-order valence-electron chi connectivity index (χ3n) is 6.03. The lowest BCUT2D eigenvalue weighted by atomic mass is 9.84. The maximum Gasteiger partial charge on any atom is 0.237 e. The number of halogens is 1. The van der Waals surface area contributed by atoms with Crippen LogP contribution >= 0.6 is 12.4 Å². The average Bonchev–Trinajstić information content (AvgIpc) is 3.14. The Morgan fingerprint density at radius 3 is 2.48 bits per heavy atom. The number of carbonyl (C=O) groups excluding carboxylic acids is 2. The van der Waals surface area contributed by atoms with E-state index >= 15 is 0 Å². The molecule has 1 aromatic carbocycles. The van der Waals surface area contributed by atoms with Crippen molar-refractivity contribution in [2.24, 2.45) is 5.41 Å². The minimum Gasteiger partial charge on any atom is -0.354 e. The SMILES string of the molecule is Cc1ccc(NC(=O)C2(CNC(=O)C3CCCCN3)CCCC2)cc1C.Cl. The van der Waals surface area contributed by atoms with Gasteiger partial charge < -0.3 is 16.0 Å². The summed E-state index contributed by atoms with van der Waals surface area (Å²) in [6.45, 7) is 5.44. The number of rotatable bonds is 5. The molecule has 1 aliphatic carbocycles. The van der Waals surface area contributed by atoms with E-state index in [9.17, 15) is 9.59 Å². The Kier molecular flexibility index (Phi) is 7.68. The minimum absolute atomic E-state index is 0. The number of nitrogens with one attached hydrogen (secondary N) is 3. The van der Waals surface area contributed by atoms with E-state index in [4.69, 9.17) is 0 Å². The Hall–Kier alpha value is -1.59. The summed E-state index contributed by atoms with van der Waals surface area (Å²) in [6, 6.07) is 5.89. The zero-order valence-corrected chi connectivity index (χ0v) is 17.2. The van der Waals surface area contributed by atoms with Gasteiger partial charge in [-0.1, -0.05) is 25.3 Å². The number of amides is 2. The minimum atomic E-state index is -0.483. The van der Waals surface area contributed by atoms with Gasteiger partial charge in [0.1, 0.15) is 0 Å². The highest BCUT2D eigenvalue weighted by Crippen LogP contribution is 2.38. The molecule has 1 aliphatic heterocycles. The molecule has 1 saturated carbocycles. The first-order chi connectivity index (χ1) is 12.5. The molecule has 27 heavy (non-hydrogen) atoms. The first-order valence-electron chi connectivity index (χ1n) is 9.90. The molecule has 1 unspecified atom stereocenters. The highest BCUT2D eigenvalue weighted by molar-refractivity contribution is 5.96. The molecule has 5 nitrogen and oxygen atoms in total. The monoisotopic (exact) mass is 393 g/mol. The Balaban J connectivity index is 0.00000261. The van der Waals surface area contributed by atoms with E-state index < -0.39 is 5.41 Å². The molecule has 3 rings (SSSR count). The van der Waals surface area contributed by atoms with Gasteiger partial charge in [-0.25, -0.2) is 0 Å². The predicted molar refractivity (Wildman–Crippen MR) is 111 cm³/mol. The molecule has 0 spiro atoms. The highest BCUT2D eigenvalue weighted by atomic mass is 35.5. The van der Waals surface area contributed by atoms with Gasteiger partial charge in [-0.2, -0.15) is 0 Å². The second-order valence-electron chi connectivity index (χ2n) is 7.96. The maximum absolute atomic E-state index is 13.0. The standard InChI is InChI=1S/C21H31N3O2.ClH/c1-15-8-9-17(13-16(15)2)24-20(26)21(10-4-5-11-21)14-23-19(25)18-7-3-6-12-22-18;/h8-9,13,18,22H,3-7,10-12,14H2,1-2H3,(H,23,25)(H,24,26);1H. The van der Waals surface area contributed by atoms with Crippen LogP contribution in [0.3, 0.4) is 0 Å². The second-order valence-corrected chi connectivity index (χ2v) is 7.96. The molecule has 0 aromatic heterocycles. The summed E-state index contributed by atoms with van der Waals surface area (Å²) in [5.41, 5.74) is 2.73. The topological polar surface area (TPSA) is 70.2 Å². The van der Waals surface area contributed by atoms with Crippen molar-refractivity contribution < 1.29 is 9.59 Å². The van der Waals surface area contributed by atoms with E-state index in [0.717, 1.165) is 57.2 Å². The number of carbonyl (C=O) groups is 2. The summed E-state index contributed by atoms with van der Waals surface area (Å²) in [7, 11) is 0. The Bertz CT molecular complexity index is 665. The lowest BCUT2D eigenvalue weighted by molar-refractivity contribution is -0.127. The normalized spacial score (nSPS) is 21.2. The average molecular weight is 394 g/mol. The molecular weight excluding hydrogens is 362 g/mol. The Morgan fingerprint density at radius 1 is 1.11 bits per heavy atom. The van der Waals surface area contributed by atoms with Crippen LogP contribution < -0.4 is 16.0 Å². The van der Waals surface area contributed by atoms with E-state index in [1.54, 1.807) is 0 Å². The predicted octanol–water partition coefficient (Wildman–Crippen LogP) is 3.48. The van der Waals surface area contributed by atoms with Crippen molar-refractivity contribution in [1.82, 2.24) is 10.6 Å². The van der Waals surface area contributed by atoms with Crippen LogP contribution in [-0.2, 0) is 9.59 Å². The fourth-order valence-electron chi connectivity index (χ4n) is 4.07. The number of piperidine rings is 1. The number of hydrogen-bond acceptors (Lipinski definition) is 3. The van der Waals surface area contributed by atoms with Crippen molar-refractivity contribution in [3.8, 4) is 0 Å². The summed E-state index contributed by atoms with van der Waals surface area (Å²) in [5.74, 6) is 0.0742. The van der Waals surface area contributed by atoms with Crippen LogP contribution in [-0.4, -0.2) is 30.9 Å². The van der Waals surface area contributed by atoms with Crippen LogP contribution in [0.5, 0.6) is 0 Å². The van der Waals surface area contributed by atoms with Crippen LogP contribution in [0.2, 0.25) is 0 Å². The first-order valence-corrected chi connectivity index (χ1v) is 9.90. The smallest absolute Gasteiger partial charge is 0.237 e. The summed E-state index contributed by atoms with van der Waals surface area (Å²) in [5, 5.41) is 9.42. The van der Waals surface area contributed by atoms with Crippen LogP contribution in [0.25, 0.3) is 0 Å². The van der Waals surface area contributed by atoms with Crippen molar-refractivity contribution in [2.75, 3.05) is 18.4 Å². The van der Waals surface area contributed by atoms with E-state index in [1.165, 1.54) is 11.1 Å². The van der Waals surface area contributed by atoms with Gasteiger partial charge in [-0.05, 0) is 69.3 Å². The van der Waals surface area contributed by atoms with Crippen molar-refractivity contribution >= 4 is 29.9 Å². The summed E-state index contributed by atoms with van der Waals surface area (Å²) in [6.07, 6.45) is 6.85. The quantitative estimate of drug-likeness (QED) is 0.717. The molecule has 2 amide bonds. The first kappa shape index (κ1) is 21.7. The number of anilines is 1. The number of hydrogen-bond donors (Lipinski definition) is 3. The van der Waals surface area contributed by atoms with Gasteiger partial charge in [0.25, 0.3) is 0 Å². The lowest BCUT2D eigenvalue weighted by Gasteiger charge is -2.30. The third-order valence-corrected chi connectivity index (χ3v) is 6.03. The molecule has 1 aromatic rings. The molecule has 0 bridgehead atoms. The number of aryl methyl sites for hydroxylation is 2. The summed E-state index contributed by atoms with van der Waals surface area (Å²) >= 11 is 0. The molecule has 6 heteroatoms. The summed E-state index contributed by atoms with van der Waals surface area (Å²) < 4.78 is 0. The van der Waals surface area contributed by atoms with Crippen molar-refractivity contribution in [3.05, 3.63) is 29.3 Å². The largest absolute Gasteiger partial charge is 0.354 e. The molecule has 2 fully saturated rings. The molecule has 0 radical (unpaired) electrons. The van der Waals surface area contributed by atoms with Gasteiger partial charge in [-0.3, -0.25) is 9.59 Å². The summed E-state index contributed by atoms with van der Waals surface area (Å²) in [4.78, 5) is 25.5. The van der Waals surface area contributed by atoms with Crippen LogP contribution in [0.15, 0.2) is 18.2 Å². The second kappa shape index (κ2) is 9.56. The van der Waals surface area contributed by atoms with Crippen LogP contribution in [0.1, 0.15) is 56.1 Å².